The van der Waals surface area contributed by atoms with Crippen LogP contribution in [0.25, 0.3) is 33.4 Å². The van der Waals surface area contributed by atoms with Crippen LogP contribution in [0.3, 0.4) is 0 Å². The number of nitrogens with zero attached hydrogens (tertiary/aromatic N) is 6. The van der Waals surface area contributed by atoms with Crippen molar-refractivity contribution in [1.82, 2.24) is 29.4 Å². The zero-order valence-electron chi connectivity index (χ0n) is 28.7. The van der Waals surface area contributed by atoms with Gasteiger partial charge in [-0.1, -0.05) is 77.3 Å². The van der Waals surface area contributed by atoms with E-state index in [4.69, 9.17) is 44.5 Å². The number of halogens is 3. The number of ether oxygens (including phenoxy) is 1. The summed E-state index contributed by atoms with van der Waals surface area (Å²) >= 11 is 19.5. The van der Waals surface area contributed by atoms with Crippen molar-refractivity contribution in [3.8, 4) is 22.5 Å². The minimum absolute atomic E-state index is 0.0912. The summed E-state index contributed by atoms with van der Waals surface area (Å²) in [6.07, 6.45) is 6.95. The maximum absolute atomic E-state index is 14.6. The predicted molar refractivity (Wildman–Crippen MR) is 208 cm³/mol. The summed E-state index contributed by atoms with van der Waals surface area (Å²) in [5.74, 6) is 0.216. The SMILES string of the molecule is C[C@@H](c1ccc(Cl)cc1Cl)n1cnc(-c2ccccc2)c1-c1c(C(=O)Nc2cncnc2N2CCC(N3CCCOC3=O)CC2)[nH]c2cc(Cl)ccc12. The molecular formula is C39H35Cl3N8O3. The van der Waals surface area contributed by atoms with Crippen molar-refractivity contribution in [1.29, 1.82) is 0 Å². The van der Waals surface area contributed by atoms with Gasteiger partial charge in [-0.2, -0.15) is 0 Å². The number of hydrogen-bond donors (Lipinski definition) is 2. The van der Waals surface area contributed by atoms with Gasteiger partial charge in [0.2, 0.25) is 0 Å². The van der Waals surface area contributed by atoms with Crippen molar-refractivity contribution < 1.29 is 14.3 Å². The Morgan fingerprint density at radius 1 is 0.981 bits per heavy atom. The van der Waals surface area contributed by atoms with Crippen LogP contribution in [0.4, 0.5) is 16.3 Å². The van der Waals surface area contributed by atoms with Gasteiger partial charge in [-0.15, -0.1) is 0 Å². The van der Waals surface area contributed by atoms with Crippen LogP contribution in [0.1, 0.15) is 48.3 Å². The number of fused-ring (bicyclic) bond motifs is 1. The first kappa shape index (κ1) is 35.0. The van der Waals surface area contributed by atoms with Gasteiger partial charge in [-0.25, -0.2) is 19.7 Å². The van der Waals surface area contributed by atoms with E-state index in [1.54, 1.807) is 24.7 Å². The Kier molecular flexibility index (Phi) is 9.72. The molecule has 2 saturated heterocycles. The number of benzene rings is 3. The molecule has 270 valence electrons. The highest BCUT2D eigenvalue weighted by atomic mass is 35.5. The molecule has 3 aromatic carbocycles. The van der Waals surface area contributed by atoms with Crippen LogP contribution < -0.4 is 10.2 Å². The lowest BCUT2D eigenvalue weighted by molar-refractivity contribution is 0.0499. The summed E-state index contributed by atoms with van der Waals surface area (Å²) in [6, 6.07) is 20.6. The van der Waals surface area contributed by atoms with Gasteiger partial charge in [0.25, 0.3) is 5.91 Å². The monoisotopic (exact) mass is 768 g/mol. The summed E-state index contributed by atoms with van der Waals surface area (Å²) in [6.45, 7) is 4.50. The van der Waals surface area contributed by atoms with Gasteiger partial charge in [-0.05, 0) is 56.0 Å². The van der Waals surface area contributed by atoms with Gasteiger partial charge in [0.1, 0.15) is 17.7 Å². The number of aromatic nitrogens is 5. The Balaban J connectivity index is 1.19. The average molecular weight is 770 g/mol. The molecule has 2 amide bonds. The van der Waals surface area contributed by atoms with Crippen LogP contribution in [0.5, 0.6) is 0 Å². The predicted octanol–water partition coefficient (Wildman–Crippen LogP) is 9.12. The van der Waals surface area contributed by atoms with Crippen molar-refractivity contribution in [3.05, 3.63) is 112 Å². The minimum atomic E-state index is -0.390. The van der Waals surface area contributed by atoms with E-state index in [-0.39, 0.29) is 18.2 Å². The Bertz CT molecular complexity index is 2320. The Hall–Kier alpha value is -5.10. The summed E-state index contributed by atoms with van der Waals surface area (Å²) in [5, 5.41) is 5.49. The van der Waals surface area contributed by atoms with E-state index in [0.717, 1.165) is 41.5 Å². The fraction of sp³-hybridized carbons (Fsp3) is 0.256. The number of H-pyrrole nitrogens is 1. The van der Waals surface area contributed by atoms with Gasteiger partial charge >= 0.3 is 6.09 Å². The highest BCUT2D eigenvalue weighted by Crippen LogP contribution is 2.42. The van der Waals surface area contributed by atoms with Crippen LogP contribution in [0.15, 0.2) is 85.6 Å². The molecule has 2 aliphatic heterocycles. The Labute approximate surface area is 320 Å². The molecule has 53 heavy (non-hydrogen) atoms. The third-order valence-electron chi connectivity index (χ3n) is 10.0. The van der Waals surface area contributed by atoms with E-state index < -0.39 is 5.91 Å². The number of carbonyl (C=O) groups excluding carboxylic acids is 2. The van der Waals surface area contributed by atoms with Crippen LogP contribution >= 0.6 is 34.8 Å². The van der Waals surface area contributed by atoms with E-state index in [1.807, 2.05) is 71.0 Å². The van der Waals surface area contributed by atoms with Crippen molar-refractivity contribution in [2.75, 3.05) is 36.5 Å². The van der Waals surface area contributed by atoms with Crippen LogP contribution in [-0.4, -0.2) is 73.7 Å². The van der Waals surface area contributed by atoms with Crippen molar-refractivity contribution in [2.24, 2.45) is 0 Å². The van der Waals surface area contributed by atoms with Gasteiger partial charge in [0.05, 0.1) is 36.6 Å². The highest BCUT2D eigenvalue weighted by Gasteiger charge is 2.33. The second kappa shape index (κ2) is 14.7. The maximum Gasteiger partial charge on any atom is 0.410 e. The van der Waals surface area contributed by atoms with Gasteiger partial charge in [-0.3, -0.25) is 4.79 Å². The number of aromatic amines is 1. The molecule has 2 N–H and O–H groups in total. The smallest absolute Gasteiger partial charge is 0.410 e. The van der Waals surface area contributed by atoms with E-state index in [0.29, 0.717) is 75.3 Å². The number of nitrogens with one attached hydrogen (secondary N) is 2. The third kappa shape index (κ3) is 6.80. The number of imidazole rings is 1. The number of amides is 2. The number of cyclic esters (lactones) is 1. The van der Waals surface area contributed by atoms with E-state index in [1.165, 1.54) is 6.33 Å². The normalized spacial score (nSPS) is 15.8. The lowest BCUT2D eigenvalue weighted by atomic mass is 9.99. The van der Waals surface area contributed by atoms with Crippen LogP contribution in [0.2, 0.25) is 15.1 Å². The Morgan fingerprint density at radius 2 is 1.75 bits per heavy atom. The van der Waals surface area contributed by atoms with Crippen molar-refractivity contribution in [3.63, 3.8) is 0 Å². The standard InChI is InChI=1S/C39H35Cl3N8O3/c1-23(28-10-8-25(40)18-30(28)42)50-22-45-34(24-6-3-2-4-7-24)36(50)33-29-11-9-26(41)19-31(29)46-35(33)38(51)47-32-20-43-21-44-37(32)48-15-12-27(13-16-48)49-14-5-17-53-39(49)52/h2-4,6-11,18-23,27,46H,5,12-17H2,1H3,(H,47,51)/t23-/m0/s1. The molecule has 0 saturated carbocycles. The molecule has 0 radical (unpaired) electrons. The summed E-state index contributed by atoms with van der Waals surface area (Å²) in [5.41, 5.74) is 5.25. The molecule has 1 atom stereocenters. The highest BCUT2D eigenvalue weighted by molar-refractivity contribution is 6.35. The van der Waals surface area contributed by atoms with Crippen LogP contribution in [0, 0.1) is 0 Å². The largest absolute Gasteiger partial charge is 0.449 e. The second-order valence-corrected chi connectivity index (χ2v) is 14.5. The third-order valence-corrected chi connectivity index (χ3v) is 10.8. The second-order valence-electron chi connectivity index (χ2n) is 13.2. The lowest BCUT2D eigenvalue weighted by Crippen LogP contribution is -2.50. The molecular weight excluding hydrogens is 735 g/mol. The number of piperidine rings is 1. The summed E-state index contributed by atoms with van der Waals surface area (Å²) in [4.78, 5) is 48.2. The summed E-state index contributed by atoms with van der Waals surface area (Å²) in [7, 11) is 0. The molecule has 11 nitrogen and oxygen atoms in total. The minimum Gasteiger partial charge on any atom is -0.449 e. The molecule has 8 rings (SSSR count). The number of anilines is 2. The molecule has 2 fully saturated rings. The summed E-state index contributed by atoms with van der Waals surface area (Å²) < 4.78 is 7.32. The molecule has 6 aromatic rings. The maximum atomic E-state index is 14.6. The van der Waals surface area contributed by atoms with Gasteiger partial charge in [0.15, 0.2) is 5.82 Å². The molecule has 0 aliphatic carbocycles. The zero-order valence-corrected chi connectivity index (χ0v) is 31.0. The van der Waals surface area contributed by atoms with Gasteiger partial charge in [0, 0.05) is 62.8 Å². The first-order valence-corrected chi connectivity index (χ1v) is 18.6. The topological polar surface area (TPSA) is 121 Å². The van der Waals surface area contributed by atoms with Gasteiger partial charge < -0.3 is 29.4 Å². The first-order chi connectivity index (χ1) is 25.8. The van der Waals surface area contributed by atoms with Crippen LogP contribution in [-0.2, 0) is 4.74 Å². The van der Waals surface area contributed by atoms with E-state index >= 15 is 0 Å². The molecule has 14 heteroatoms. The lowest BCUT2D eigenvalue weighted by Gasteiger charge is -2.40. The molecule has 0 unspecified atom stereocenters. The number of carbonyl (C=O) groups is 2. The Morgan fingerprint density at radius 3 is 2.53 bits per heavy atom. The average Bonchev–Trinajstić information content (AvgIpc) is 3.77. The van der Waals surface area contributed by atoms with E-state index in [2.05, 4.69) is 25.2 Å². The first-order valence-electron chi connectivity index (χ1n) is 17.5. The quantitative estimate of drug-likeness (QED) is 0.158. The fourth-order valence-corrected chi connectivity index (χ4v) is 8.16. The van der Waals surface area contributed by atoms with E-state index in [9.17, 15) is 9.59 Å². The molecule has 0 bridgehead atoms. The molecule has 5 heterocycles. The number of hydrogen-bond acceptors (Lipinski definition) is 7. The molecule has 0 spiro atoms. The zero-order chi connectivity index (χ0) is 36.6. The number of rotatable bonds is 8. The molecule has 2 aliphatic rings. The van der Waals surface area contributed by atoms with Crippen molar-refractivity contribution in [2.45, 2.75) is 38.3 Å². The molecule has 3 aromatic heterocycles. The fourth-order valence-electron chi connectivity index (χ4n) is 7.42. The van der Waals surface area contributed by atoms with Crippen molar-refractivity contribution >= 4 is 69.2 Å².